The summed E-state index contributed by atoms with van der Waals surface area (Å²) in [7, 11) is -4.22. The minimum absolute atomic E-state index is 0.348. The van der Waals surface area contributed by atoms with Crippen LogP contribution in [-0.2, 0) is 23.7 Å². The molecular weight excluding hydrogens is 297 g/mol. The number of unbranched alkanes of at least 4 members (excludes halogenated alkanes) is 3. The summed E-state index contributed by atoms with van der Waals surface area (Å²) < 4.78 is 65.7. The minimum atomic E-state index is -5.64. The molecule has 0 fully saturated rings. The van der Waals surface area contributed by atoms with Crippen molar-refractivity contribution >= 4 is 10.1 Å². The SMILES string of the molecule is CCCCCCn1cc[n+](C)c1OS(=O)(=O)C(F)(F)F. The van der Waals surface area contributed by atoms with Crippen molar-refractivity contribution in [2.24, 2.45) is 7.05 Å². The summed E-state index contributed by atoms with van der Waals surface area (Å²) >= 11 is 0. The second kappa shape index (κ2) is 6.47. The maximum absolute atomic E-state index is 12.3. The Bertz CT molecular complexity index is 538. The molecule has 0 aliphatic heterocycles. The molecular formula is C11H18F3N2O3S+. The van der Waals surface area contributed by atoms with Crippen LogP contribution >= 0.6 is 0 Å². The number of alkyl halides is 3. The Morgan fingerprint density at radius 1 is 1.30 bits per heavy atom. The van der Waals surface area contributed by atoms with E-state index in [1.165, 1.54) is 28.6 Å². The van der Waals surface area contributed by atoms with Gasteiger partial charge in [0.15, 0.2) is 0 Å². The molecule has 1 aromatic rings. The van der Waals surface area contributed by atoms with Gasteiger partial charge in [-0.3, -0.25) is 0 Å². The molecule has 0 saturated heterocycles. The molecule has 1 heterocycles. The highest BCUT2D eigenvalue weighted by Crippen LogP contribution is 2.25. The van der Waals surface area contributed by atoms with Gasteiger partial charge < -0.3 is 4.18 Å². The van der Waals surface area contributed by atoms with Crippen molar-refractivity contribution in [3.8, 4) is 6.01 Å². The zero-order chi connectivity index (χ0) is 15.4. The van der Waals surface area contributed by atoms with Crippen molar-refractivity contribution in [3.05, 3.63) is 12.4 Å². The van der Waals surface area contributed by atoms with E-state index in [1.54, 1.807) is 0 Å². The fourth-order valence-corrected chi connectivity index (χ4v) is 2.15. The molecule has 0 radical (unpaired) electrons. The average molecular weight is 315 g/mol. The van der Waals surface area contributed by atoms with Gasteiger partial charge in [-0.25, -0.2) is 0 Å². The predicted octanol–water partition coefficient (Wildman–Crippen LogP) is 2.12. The van der Waals surface area contributed by atoms with Gasteiger partial charge in [0.2, 0.25) is 0 Å². The third kappa shape index (κ3) is 4.12. The quantitative estimate of drug-likeness (QED) is 0.335. The van der Waals surface area contributed by atoms with E-state index in [4.69, 9.17) is 0 Å². The van der Waals surface area contributed by atoms with Gasteiger partial charge in [-0.2, -0.15) is 30.7 Å². The number of nitrogens with zero attached hydrogens (tertiary/aromatic N) is 2. The number of halogens is 3. The molecule has 0 aliphatic rings. The van der Waals surface area contributed by atoms with E-state index in [2.05, 4.69) is 4.18 Å². The van der Waals surface area contributed by atoms with Crippen LogP contribution in [0.5, 0.6) is 6.01 Å². The molecule has 0 N–H and O–H groups in total. The van der Waals surface area contributed by atoms with Gasteiger partial charge in [-0.15, -0.1) is 0 Å². The maximum atomic E-state index is 12.3. The lowest BCUT2D eigenvalue weighted by Crippen LogP contribution is -2.36. The van der Waals surface area contributed by atoms with Gasteiger partial charge in [0.25, 0.3) is 0 Å². The lowest BCUT2D eigenvalue weighted by molar-refractivity contribution is -0.674. The standard InChI is InChI=1S/C11H18F3N2O3S/c1-3-4-5-6-7-16-9-8-15(2)10(16)19-20(17,18)11(12,13)14/h8-9H,3-7H2,1-2H3/q+1. The van der Waals surface area contributed by atoms with Crippen LogP contribution in [0.15, 0.2) is 12.4 Å². The van der Waals surface area contributed by atoms with Crippen molar-refractivity contribution in [1.29, 1.82) is 0 Å². The molecule has 0 atom stereocenters. The van der Waals surface area contributed by atoms with Gasteiger partial charge in [-0.05, 0) is 12.8 Å². The molecule has 0 amide bonds. The lowest BCUT2D eigenvalue weighted by atomic mass is 10.2. The lowest BCUT2D eigenvalue weighted by Gasteiger charge is -2.07. The third-order valence-electron chi connectivity index (χ3n) is 2.74. The molecule has 0 bridgehead atoms. The molecule has 0 aliphatic carbocycles. The zero-order valence-corrected chi connectivity index (χ0v) is 12.2. The van der Waals surface area contributed by atoms with Crippen LogP contribution < -0.4 is 8.75 Å². The van der Waals surface area contributed by atoms with Crippen LogP contribution in [0.1, 0.15) is 32.6 Å². The second-order valence-corrected chi connectivity index (χ2v) is 5.97. The molecule has 1 aromatic heterocycles. The maximum Gasteiger partial charge on any atom is 0.534 e. The van der Waals surface area contributed by atoms with Crippen LogP contribution in [-0.4, -0.2) is 18.5 Å². The summed E-state index contributed by atoms with van der Waals surface area (Å²) in [5.41, 5.74) is -5.43. The summed E-state index contributed by atoms with van der Waals surface area (Å²) in [4.78, 5) is 0. The highest BCUT2D eigenvalue weighted by Gasteiger charge is 2.50. The van der Waals surface area contributed by atoms with Gasteiger partial charge in [0, 0.05) is 0 Å². The van der Waals surface area contributed by atoms with Crippen LogP contribution in [0.3, 0.4) is 0 Å². The Labute approximate surface area is 116 Å². The molecule has 20 heavy (non-hydrogen) atoms. The normalized spacial score (nSPS) is 12.7. The fraction of sp³-hybridized carbons (Fsp3) is 0.727. The van der Waals surface area contributed by atoms with E-state index in [0.29, 0.717) is 6.54 Å². The molecule has 0 unspecified atom stereocenters. The van der Waals surface area contributed by atoms with E-state index in [-0.39, 0.29) is 6.01 Å². The van der Waals surface area contributed by atoms with E-state index in [9.17, 15) is 21.6 Å². The largest absolute Gasteiger partial charge is 0.534 e. The van der Waals surface area contributed by atoms with Gasteiger partial charge in [-0.1, -0.05) is 19.8 Å². The van der Waals surface area contributed by atoms with E-state index in [1.807, 2.05) is 6.92 Å². The Balaban J connectivity index is 2.83. The van der Waals surface area contributed by atoms with E-state index in [0.717, 1.165) is 25.7 Å². The van der Waals surface area contributed by atoms with Crippen molar-refractivity contribution in [2.75, 3.05) is 0 Å². The van der Waals surface area contributed by atoms with Crippen LogP contribution in [0.2, 0.25) is 0 Å². The van der Waals surface area contributed by atoms with Crippen molar-refractivity contribution in [1.82, 2.24) is 4.57 Å². The highest BCUT2D eigenvalue weighted by atomic mass is 32.2. The molecule has 0 aromatic carbocycles. The number of aromatic nitrogens is 2. The molecule has 0 spiro atoms. The monoisotopic (exact) mass is 315 g/mol. The summed E-state index contributed by atoms with van der Waals surface area (Å²) in [6.45, 7) is 2.45. The minimum Gasteiger partial charge on any atom is -0.302 e. The van der Waals surface area contributed by atoms with Crippen molar-refractivity contribution < 1.29 is 30.3 Å². The van der Waals surface area contributed by atoms with Crippen LogP contribution in [0, 0.1) is 0 Å². The number of hydrogen-bond acceptors (Lipinski definition) is 3. The Hall–Kier alpha value is -1.25. The topological polar surface area (TPSA) is 52.2 Å². The Morgan fingerprint density at radius 3 is 2.50 bits per heavy atom. The number of imidazole rings is 1. The van der Waals surface area contributed by atoms with Gasteiger partial charge >= 0.3 is 21.6 Å². The second-order valence-electron chi connectivity index (χ2n) is 4.43. The third-order valence-corrected chi connectivity index (χ3v) is 3.67. The highest BCUT2D eigenvalue weighted by molar-refractivity contribution is 7.87. The summed E-state index contributed by atoms with van der Waals surface area (Å²) in [5.74, 6) is 0. The first-order valence-electron chi connectivity index (χ1n) is 6.24. The molecule has 1 rings (SSSR count). The molecule has 116 valence electrons. The summed E-state index contributed by atoms with van der Waals surface area (Å²) in [6.07, 6.45) is 6.65. The van der Waals surface area contributed by atoms with Crippen molar-refractivity contribution in [2.45, 2.75) is 44.7 Å². The van der Waals surface area contributed by atoms with Gasteiger partial charge in [0.1, 0.15) is 12.4 Å². The molecule has 5 nitrogen and oxygen atoms in total. The Morgan fingerprint density at radius 2 is 1.95 bits per heavy atom. The average Bonchev–Trinajstić information content (AvgIpc) is 2.65. The molecule has 9 heteroatoms. The Kier molecular flexibility index (Phi) is 5.43. The summed E-state index contributed by atoms with van der Waals surface area (Å²) in [5, 5.41) is 0. The smallest absolute Gasteiger partial charge is 0.302 e. The molecule has 0 saturated carbocycles. The number of rotatable bonds is 7. The zero-order valence-electron chi connectivity index (χ0n) is 11.4. The number of hydrogen-bond donors (Lipinski definition) is 0. The van der Waals surface area contributed by atoms with Gasteiger partial charge in [0.05, 0.1) is 13.6 Å². The van der Waals surface area contributed by atoms with Crippen molar-refractivity contribution in [3.63, 3.8) is 0 Å². The van der Waals surface area contributed by atoms with Crippen LogP contribution in [0.25, 0.3) is 0 Å². The van der Waals surface area contributed by atoms with E-state index < -0.39 is 15.6 Å². The first-order valence-corrected chi connectivity index (χ1v) is 7.65. The van der Waals surface area contributed by atoms with Crippen LogP contribution in [0.4, 0.5) is 13.2 Å². The fourth-order valence-electron chi connectivity index (χ4n) is 1.64. The first-order chi connectivity index (χ1) is 9.19. The summed E-state index contributed by atoms with van der Waals surface area (Å²) in [6, 6.07) is -0.348. The predicted molar refractivity (Wildman–Crippen MR) is 65.4 cm³/mol. The van der Waals surface area contributed by atoms with E-state index >= 15 is 0 Å². The first kappa shape index (κ1) is 16.8. The number of aryl methyl sites for hydroxylation is 2.